The Balaban J connectivity index is 0. The molecule has 0 amide bonds. The number of aliphatic hydroxyl groups excluding tert-OH is 1. The first kappa shape index (κ1) is 21.2. The van der Waals surface area contributed by atoms with Crippen molar-refractivity contribution in [1.82, 2.24) is 0 Å². The van der Waals surface area contributed by atoms with Crippen molar-refractivity contribution < 1.29 is 47.6 Å². The van der Waals surface area contributed by atoms with E-state index in [1.807, 2.05) is 0 Å². The molecule has 0 heterocycles. The van der Waals surface area contributed by atoms with E-state index in [0.717, 1.165) is 19.3 Å². The van der Waals surface area contributed by atoms with Crippen molar-refractivity contribution in [3.8, 4) is 0 Å². The zero-order chi connectivity index (χ0) is 13.1. The van der Waals surface area contributed by atoms with Gasteiger partial charge in [-0.25, -0.2) is 8.42 Å². The van der Waals surface area contributed by atoms with Crippen LogP contribution in [0.4, 0.5) is 0 Å². The van der Waals surface area contributed by atoms with Crippen molar-refractivity contribution in [3.05, 3.63) is 0 Å². The van der Waals surface area contributed by atoms with Crippen LogP contribution in [0.5, 0.6) is 0 Å². The maximum absolute atomic E-state index is 10.4. The minimum Gasteiger partial charge on any atom is -0.746 e. The van der Waals surface area contributed by atoms with E-state index in [9.17, 15) is 13.0 Å². The second kappa shape index (κ2) is 12.9. The SMILES string of the molecule is CCCCCCCCCCCC(O)S(=O)(=O)[O-].[Na+]. The summed E-state index contributed by atoms with van der Waals surface area (Å²) in [4.78, 5) is 0. The number of hydrogen-bond donors (Lipinski definition) is 1. The van der Waals surface area contributed by atoms with Gasteiger partial charge in [-0.1, -0.05) is 58.3 Å². The van der Waals surface area contributed by atoms with Gasteiger partial charge in [-0.2, -0.15) is 0 Å². The van der Waals surface area contributed by atoms with Crippen LogP contribution in [-0.4, -0.2) is 23.5 Å². The summed E-state index contributed by atoms with van der Waals surface area (Å²) in [5.41, 5.74) is -1.72. The molecule has 4 nitrogen and oxygen atoms in total. The summed E-state index contributed by atoms with van der Waals surface area (Å²) in [6.45, 7) is 2.19. The summed E-state index contributed by atoms with van der Waals surface area (Å²) in [6, 6.07) is 0. The van der Waals surface area contributed by atoms with Gasteiger partial charge in [-0.05, 0) is 12.8 Å². The predicted molar refractivity (Wildman–Crippen MR) is 67.5 cm³/mol. The fourth-order valence-corrected chi connectivity index (χ4v) is 2.23. The van der Waals surface area contributed by atoms with Crippen LogP contribution in [0.1, 0.15) is 71.1 Å². The minimum absolute atomic E-state index is 0. The normalized spacial score (nSPS) is 13.1. The molecule has 0 aliphatic carbocycles. The molecule has 0 bridgehead atoms. The van der Waals surface area contributed by atoms with E-state index in [1.54, 1.807) is 0 Å². The van der Waals surface area contributed by atoms with E-state index in [2.05, 4.69) is 6.92 Å². The Morgan fingerprint density at radius 3 is 1.72 bits per heavy atom. The van der Waals surface area contributed by atoms with Crippen molar-refractivity contribution in [2.45, 2.75) is 76.6 Å². The van der Waals surface area contributed by atoms with Gasteiger partial charge in [0.15, 0.2) is 0 Å². The first-order chi connectivity index (χ1) is 7.98. The monoisotopic (exact) mass is 288 g/mol. The summed E-state index contributed by atoms with van der Waals surface area (Å²) < 4.78 is 31.2. The Morgan fingerprint density at radius 1 is 0.944 bits per heavy atom. The van der Waals surface area contributed by atoms with Crippen molar-refractivity contribution in [3.63, 3.8) is 0 Å². The number of unbranched alkanes of at least 4 members (excludes halogenated alkanes) is 8. The summed E-state index contributed by atoms with van der Waals surface area (Å²) in [5.74, 6) is 0. The standard InChI is InChI=1S/C12H26O4S.Na/c1-2-3-4-5-6-7-8-9-10-11-12(13)17(14,15)16;/h12-13H,2-11H2,1H3,(H,14,15,16);/q;+1/p-1. The molecule has 6 heteroatoms. The average Bonchev–Trinajstić information content (AvgIpc) is 2.25. The van der Waals surface area contributed by atoms with E-state index >= 15 is 0 Å². The zero-order valence-electron chi connectivity index (χ0n) is 11.7. The third kappa shape index (κ3) is 13.3. The molecule has 0 spiro atoms. The molecular formula is C12H25NaO4S. The Hall–Kier alpha value is 0.870. The molecule has 0 aromatic carbocycles. The second-order valence-corrected chi connectivity index (χ2v) is 6.09. The van der Waals surface area contributed by atoms with E-state index < -0.39 is 15.6 Å². The van der Waals surface area contributed by atoms with Gasteiger partial charge in [0.1, 0.15) is 15.6 Å². The molecular weight excluding hydrogens is 263 g/mol. The van der Waals surface area contributed by atoms with Crippen LogP contribution in [0.3, 0.4) is 0 Å². The third-order valence-electron chi connectivity index (χ3n) is 2.89. The molecule has 0 aliphatic heterocycles. The van der Waals surface area contributed by atoms with Gasteiger partial charge in [-0.15, -0.1) is 0 Å². The van der Waals surface area contributed by atoms with Gasteiger partial charge < -0.3 is 9.66 Å². The first-order valence-electron chi connectivity index (χ1n) is 6.61. The van der Waals surface area contributed by atoms with Crippen LogP contribution in [0, 0.1) is 0 Å². The van der Waals surface area contributed by atoms with Gasteiger partial charge in [0, 0.05) is 0 Å². The molecule has 0 rings (SSSR count). The summed E-state index contributed by atoms with van der Waals surface area (Å²) in [7, 11) is -4.50. The van der Waals surface area contributed by atoms with Crippen molar-refractivity contribution >= 4 is 10.1 Å². The molecule has 1 unspecified atom stereocenters. The van der Waals surface area contributed by atoms with E-state index in [1.165, 1.54) is 32.1 Å². The maximum Gasteiger partial charge on any atom is 1.00 e. The van der Waals surface area contributed by atoms with Crippen molar-refractivity contribution in [2.75, 3.05) is 0 Å². The number of hydrogen-bond acceptors (Lipinski definition) is 4. The largest absolute Gasteiger partial charge is 1.00 e. The maximum atomic E-state index is 10.4. The van der Waals surface area contributed by atoms with Crippen LogP contribution >= 0.6 is 0 Å². The van der Waals surface area contributed by atoms with Crippen LogP contribution in [0.25, 0.3) is 0 Å². The summed E-state index contributed by atoms with van der Waals surface area (Å²) in [5, 5.41) is 8.99. The van der Waals surface area contributed by atoms with E-state index in [-0.39, 0.29) is 36.0 Å². The molecule has 0 aliphatic rings. The van der Waals surface area contributed by atoms with Crippen LogP contribution < -0.4 is 29.6 Å². The topological polar surface area (TPSA) is 77.4 Å². The molecule has 0 radical (unpaired) electrons. The van der Waals surface area contributed by atoms with E-state index in [0.29, 0.717) is 6.42 Å². The quantitative estimate of drug-likeness (QED) is 0.324. The van der Waals surface area contributed by atoms with Crippen molar-refractivity contribution in [1.29, 1.82) is 0 Å². The van der Waals surface area contributed by atoms with Crippen molar-refractivity contribution in [2.24, 2.45) is 0 Å². The molecule has 104 valence electrons. The van der Waals surface area contributed by atoms with E-state index in [4.69, 9.17) is 5.11 Å². The summed E-state index contributed by atoms with van der Waals surface area (Å²) in [6.07, 6.45) is 10.1. The Labute approximate surface area is 134 Å². The molecule has 0 aromatic rings. The van der Waals surface area contributed by atoms with Gasteiger partial charge in [0.2, 0.25) is 0 Å². The second-order valence-electron chi connectivity index (χ2n) is 4.56. The minimum atomic E-state index is -4.50. The Bertz CT molecular complexity index is 267. The Kier molecular flexibility index (Phi) is 15.2. The molecule has 0 fully saturated rings. The smallest absolute Gasteiger partial charge is 0.746 e. The zero-order valence-corrected chi connectivity index (χ0v) is 14.5. The molecule has 1 N–H and O–H groups in total. The van der Waals surface area contributed by atoms with Gasteiger partial charge in [-0.3, -0.25) is 0 Å². The van der Waals surface area contributed by atoms with Gasteiger partial charge in [0.25, 0.3) is 0 Å². The van der Waals surface area contributed by atoms with Crippen LogP contribution in [0.15, 0.2) is 0 Å². The third-order valence-corrected chi connectivity index (χ3v) is 3.79. The Morgan fingerprint density at radius 2 is 1.33 bits per heavy atom. The number of rotatable bonds is 11. The van der Waals surface area contributed by atoms with Crippen LogP contribution in [-0.2, 0) is 10.1 Å². The molecule has 18 heavy (non-hydrogen) atoms. The first-order valence-corrected chi connectivity index (χ1v) is 8.08. The predicted octanol–water partition coefficient (Wildman–Crippen LogP) is -0.225. The summed E-state index contributed by atoms with van der Waals surface area (Å²) >= 11 is 0. The van der Waals surface area contributed by atoms with Gasteiger partial charge >= 0.3 is 29.6 Å². The van der Waals surface area contributed by atoms with Crippen LogP contribution in [0.2, 0.25) is 0 Å². The fraction of sp³-hybridized carbons (Fsp3) is 1.00. The molecule has 0 saturated heterocycles. The fourth-order valence-electron chi connectivity index (χ4n) is 1.77. The molecule has 0 saturated carbocycles. The van der Waals surface area contributed by atoms with Gasteiger partial charge in [0.05, 0.1) is 0 Å². The molecule has 1 atom stereocenters. The molecule has 0 aromatic heterocycles. The number of aliphatic hydroxyl groups is 1. The average molecular weight is 288 g/mol.